The third-order valence-corrected chi connectivity index (χ3v) is 5.55. The van der Waals surface area contributed by atoms with Crippen LogP contribution in [0, 0.1) is 13.8 Å². The maximum absolute atomic E-state index is 6.50. The predicted molar refractivity (Wildman–Crippen MR) is 110 cm³/mol. The molecule has 1 aliphatic rings. The molecule has 4 rings (SSSR count). The average Bonchev–Trinajstić information content (AvgIpc) is 2.79. The van der Waals surface area contributed by atoms with Gasteiger partial charge in [0, 0.05) is 17.7 Å². The van der Waals surface area contributed by atoms with E-state index in [-0.39, 0.29) is 0 Å². The van der Waals surface area contributed by atoms with Crippen molar-refractivity contribution < 1.29 is 0 Å². The lowest BCUT2D eigenvalue weighted by molar-refractivity contribution is 0.779. The Morgan fingerprint density at radius 3 is 2.58 bits per heavy atom. The van der Waals surface area contributed by atoms with Crippen molar-refractivity contribution in [3.8, 4) is 16.9 Å². The first-order valence-electron chi connectivity index (χ1n) is 8.94. The zero-order chi connectivity index (χ0) is 18.3. The van der Waals surface area contributed by atoms with E-state index in [4.69, 9.17) is 28.3 Å². The van der Waals surface area contributed by atoms with Crippen LogP contribution in [0.3, 0.4) is 0 Å². The molecule has 5 heteroatoms. The van der Waals surface area contributed by atoms with E-state index in [0.29, 0.717) is 10.0 Å². The van der Waals surface area contributed by atoms with E-state index in [0.717, 1.165) is 48.6 Å². The Labute approximate surface area is 163 Å². The Morgan fingerprint density at radius 1 is 1.04 bits per heavy atom. The quantitative estimate of drug-likeness (QED) is 0.567. The molecule has 134 valence electrons. The van der Waals surface area contributed by atoms with E-state index in [9.17, 15) is 0 Å². The van der Waals surface area contributed by atoms with Crippen LogP contribution in [0.5, 0.6) is 0 Å². The molecule has 0 radical (unpaired) electrons. The minimum atomic E-state index is 0.634. The van der Waals surface area contributed by atoms with Crippen molar-refractivity contribution in [2.75, 3.05) is 11.9 Å². The molecule has 0 saturated heterocycles. The van der Waals surface area contributed by atoms with Gasteiger partial charge in [0.2, 0.25) is 0 Å². The van der Waals surface area contributed by atoms with Crippen molar-refractivity contribution in [1.82, 2.24) is 9.78 Å². The van der Waals surface area contributed by atoms with Crippen molar-refractivity contribution in [1.29, 1.82) is 0 Å². The van der Waals surface area contributed by atoms with Gasteiger partial charge in [0.25, 0.3) is 0 Å². The Kier molecular flexibility index (Phi) is 4.68. The number of aryl methyl sites for hydroxylation is 2. The van der Waals surface area contributed by atoms with Gasteiger partial charge in [-0.15, -0.1) is 0 Å². The average molecular weight is 386 g/mol. The highest BCUT2D eigenvalue weighted by Crippen LogP contribution is 2.40. The van der Waals surface area contributed by atoms with Crippen LogP contribution in [0.15, 0.2) is 36.4 Å². The minimum Gasteiger partial charge on any atom is -0.370 e. The van der Waals surface area contributed by atoms with Crippen LogP contribution in [-0.2, 0) is 6.42 Å². The molecule has 3 aromatic rings. The molecule has 0 atom stereocenters. The molecule has 1 N–H and O–H groups in total. The summed E-state index contributed by atoms with van der Waals surface area (Å²) >= 11 is 13.0. The fourth-order valence-corrected chi connectivity index (χ4v) is 4.13. The van der Waals surface area contributed by atoms with E-state index in [2.05, 4.69) is 37.4 Å². The molecule has 0 bridgehead atoms. The second-order valence-electron chi connectivity index (χ2n) is 6.86. The minimum absolute atomic E-state index is 0.634. The molecular weight excluding hydrogens is 365 g/mol. The summed E-state index contributed by atoms with van der Waals surface area (Å²) in [5.74, 6) is 1.06. The standard InChI is InChI=1S/C21H21Cl2N3/c1-13-9-10-14(2)18(12-13)26-21-15(6-3-4-11-24-21)20(25-26)19-16(22)7-5-8-17(19)23/h5,7-10,12,24H,3-4,6,11H2,1-2H3. The van der Waals surface area contributed by atoms with Gasteiger partial charge in [-0.05, 0) is 62.4 Å². The molecule has 0 amide bonds. The van der Waals surface area contributed by atoms with Gasteiger partial charge in [-0.25, -0.2) is 4.68 Å². The van der Waals surface area contributed by atoms with Crippen LogP contribution in [0.4, 0.5) is 5.82 Å². The van der Waals surface area contributed by atoms with Crippen LogP contribution >= 0.6 is 23.2 Å². The Morgan fingerprint density at radius 2 is 1.81 bits per heavy atom. The number of anilines is 1. The number of fused-ring (bicyclic) bond motifs is 1. The topological polar surface area (TPSA) is 29.9 Å². The van der Waals surface area contributed by atoms with Crippen LogP contribution < -0.4 is 5.32 Å². The first kappa shape index (κ1) is 17.4. The molecule has 2 aromatic carbocycles. The molecule has 1 aromatic heterocycles. The first-order chi connectivity index (χ1) is 12.6. The van der Waals surface area contributed by atoms with Crippen molar-refractivity contribution >= 4 is 29.0 Å². The Bertz CT molecular complexity index is 955. The van der Waals surface area contributed by atoms with Crippen LogP contribution in [0.2, 0.25) is 10.0 Å². The van der Waals surface area contributed by atoms with Crippen molar-refractivity contribution in [3.63, 3.8) is 0 Å². The highest BCUT2D eigenvalue weighted by molar-refractivity contribution is 6.39. The number of benzene rings is 2. The summed E-state index contributed by atoms with van der Waals surface area (Å²) in [5.41, 5.74) is 6.37. The molecule has 0 spiro atoms. The molecule has 2 heterocycles. The third-order valence-electron chi connectivity index (χ3n) is 4.92. The summed E-state index contributed by atoms with van der Waals surface area (Å²) in [7, 11) is 0. The molecular formula is C21H21Cl2N3. The largest absolute Gasteiger partial charge is 0.370 e. The van der Waals surface area contributed by atoms with Gasteiger partial charge >= 0.3 is 0 Å². The van der Waals surface area contributed by atoms with Crippen molar-refractivity contribution in [3.05, 3.63) is 63.1 Å². The number of aromatic nitrogens is 2. The number of nitrogens with one attached hydrogen (secondary N) is 1. The first-order valence-corrected chi connectivity index (χ1v) is 9.69. The zero-order valence-corrected chi connectivity index (χ0v) is 16.5. The summed E-state index contributed by atoms with van der Waals surface area (Å²) in [6, 6.07) is 12.0. The summed E-state index contributed by atoms with van der Waals surface area (Å²) in [5, 5.41) is 9.83. The summed E-state index contributed by atoms with van der Waals surface area (Å²) in [6.07, 6.45) is 3.22. The maximum atomic E-state index is 6.50. The number of halogens is 2. The second kappa shape index (κ2) is 6.98. The number of hydrogen-bond acceptors (Lipinski definition) is 2. The lowest BCUT2D eigenvalue weighted by atomic mass is 10.0. The van der Waals surface area contributed by atoms with E-state index in [1.165, 1.54) is 16.7 Å². The number of hydrogen-bond donors (Lipinski definition) is 1. The molecule has 0 unspecified atom stereocenters. The number of rotatable bonds is 2. The maximum Gasteiger partial charge on any atom is 0.133 e. The van der Waals surface area contributed by atoms with Crippen LogP contribution in [0.1, 0.15) is 29.5 Å². The molecule has 0 saturated carbocycles. The van der Waals surface area contributed by atoms with Gasteiger partial charge in [-0.2, -0.15) is 5.10 Å². The Hall–Kier alpha value is -1.97. The van der Waals surface area contributed by atoms with E-state index < -0.39 is 0 Å². The molecule has 3 nitrogen and oxygen atoms in total. The zero-order valence-electron chi connectivity index (χ0n) is 14.9. The number of nitrogens with zero attached hydrogens (tertiary/aromatic N) is 2. The monoisotopic (exact) mass is 385 g/mol. The van der Waals surface area contributed by atoms with Gasteiger partial charge in [-0.3, -0.25) is 0 Å². The summed E-state index contributed by atoms with van der Waals surface area (Å²) in [6.45, 7) is 5.16. The van der Waals surface area contributed by atoms with E-state index in [1.54, 1.807) is 0 Å². The van der Waals surface area contributed by atoms with Gasteiger partial charge in [-0.1, -0.05) is 41.4 Å². The fraction of sp³-hybridized carbons (Fsp3) is 0.286. The second-order valence-corrected chi connectivity index (χ2v) is 7.67. The van der Waals surface area contributed by atoms with Gasteiger partial charge in [0.05, 0.1) is 15.7 Å². The third kappa shape index (κ3) is 3.00. The molecule has 0 aliphatic carbocycles. The van der Waals surface area contributed by atoms with Gasteiger partial charge < -0.3 is 5.32 Å². The molecule has 26 heavy (non-hydrogen) atoms. The highest BCUT2D eigenvalue weighted by Gasteiger charge is 2.24. The van der Waals surface area contributed by atoms with Crippen LogP contribution in [-0.4, -0.2) is 16.3 Å². The Balaban J connectivity index is 2.00. The normalized spacial score (nSPS) is 13.8. The smallest absolute Gasteiger partial charge is 0.133 e. The predicted octanol–water partition coefficient (Wildman–Crippen LogP) is 6.21. The van der Waals surface area contributed by atoms with E-state index >= 15 is 0 Å². The molecule has 0 fully saturated rings. The lowest BCUT2D eigenvalue weighted by Gasteiger charge is -2.12. The lowest BCUT2D eigenvalue weighted by Crippen LogP contribution is -2.08. The van der Waals surface area contributed by atoms with Crippen molar-refractivity contribution in [2.45, 2.75) is 33.1 Å². The SMILES string of the molecule is Cc1ccc(C)c(-n2nc(-c3c(Cl)cccc3Cl)c3c2NCCCC3)c1. The summed E-state index contributed by atoms with van der Waals surface area (Å²) < 4.78 is 2.03. The fourth-order valence-electron chi connectivity index (χ4n) is 3.55. The van der Waals surface area contributed by atoms with Crippen LogP contribution in [0.25, 0.3) is 16.9 Å². The highest BCUT2D eigenvalue weighted by atomic mass is 35.5. The summed E-state index contributed by atoms with van der Waals surface area (Å²) in [4.78, 5) is 0. The van der Waals surface area contributed by atoms with Gasteiger partial charge in [0.1, 0.15) is 11.5 Å². The van der Waals surface area contributed by atoms with Gasteiger partial charge in [0.15, 0.2) is 0 Å². The van der Waals surface area contributed by atoms with Crippen molar-refractivity contribution in [2.24, 2.45) is 0 Å². The van der Waals surface area contributed by atoms with E-state index in [1.807, 2.05) is 22.9 Å². The molecule has 1 aliphatic heterocycles.